The summed E-state index contributed by atoms with van der Waals surface area (Å²) in [7, 11) is 0. The highest BCUT2D eigenvalue weighted by Crippen LogP contribution is 2.36. The molecule has 1 saturated carbocycles. The van der Waals surface area contributed by atoms with Gasteiger partial charge in [0.15, 0.2) is 5.78 Å². The molecule has 1 heterocycles. The van der Waals surface area contributed by atoms with Crippen LogP contribution in [-0.2, 0) is 17.8 Å². The van der Waals surface area contributed by atoms with Gasteiger partial charge in [-0.3, -0.25) is 9.79 Å². The van der Waals surface area contributed by atoms with Crippen molar-refractivity contribution >= 4 is 22.4 Å². The van der Waals surface area contributed by atoms with Gasteiger partial charge in [-0.25, -0.2) is 0 Å². The third kappa shape index (κ3) is 5.84. The summed E-state index contributed by atoms with van der Waals surface area (Å²) in [6.45, 7) is 9.36. The summed E-state index contributed by atoms with van der Waals surface area (Å²) in [6, 6.07) is 16.3. The average molecular weight is 473 g/mol. The van der Waals surface area contributed by atoms with Crippen molar-refractivity contribution in [2.75, 3.05) is 6.54 Å². The van der Waals surface area contributed by atoms with Crippen LogP contribution in [0.4, 0.5) is 0 Å². The molecule has 1 aromatic heterocycles. The van der Waals surface area contributed by atoms with Gasteiger partial charge >= 0.3 is 0 Å². The lowest BCUT2D eigenvalue weighted by Crippen LogP contribution is -2.33. The molecule has 0 saturated heterocycles. The van der Waals surface area contributed by atoms with E-state index in [-0.39, 0.29) is 17.0 Å². The van der Waals surface area contributed by atoms with Gasteiger partial charge in [-0.15, -0.1) is 0 Å². The smallest absolute Gasteiger partial charge is 0.168 e. The number of aromatic nitrogens is 1. The number of ether oxygens (including phenoxy) is 1. The molecule has 0 amide bonds. The van der Waals surface area contributed by atoms with Crippen LogP contribution in [0.15, 0.2) is 64.9 Å². The van der Waals surface area contributed by atoms with Gasteiger partial charge in [0.25, 0.3) is 0 Å². The first kappa shape index (κ1) is 24.8. The van der Waals surface area contributed by atoms with Crippen LogP contribution in [0.5, 0.6) is 5.75 Å². The summed E-state index contributed by atoms with van der Waals surface area (Å²) in [5.41, 5.74) is 5.60. The van der Waals surface area contributed by atoms with Crippen molar-refractivity contribution in [3.63, 3.8) is 0 Å². The summed E-state index contributed by atoms with van der Waals surface area (Å²) in [5, 5.41) is 11.7. The van der Waals surface area contributed by atoms with Crippen LogP contribution in [0.25, 0.3) is 10.9 Å². The second kappa shape index (κ2) is 10.5. The minimum absolute atomic E-state index is 0.00873. The molecule has 2 N–H and O–H groups in total. The number of benzene rings is 2. The zero-order chi connectivity index (χ0) is 25.0. The van der Waals surface area contributed by atoms with Gasteiger partial charge in [-0.05, 0) is 60.9 Å². The van der Waals surface area contributed by atoms with Crippen molar-refractivity contribution < 1.29 is 14.6 Å². The Labute approximate surface area is 207 Å². The maximum absolute atomic E-state index is 12.8. The number of Topliss-reactive ketones (excluding diaryl/α,β-unsaturated/α-hetero) is 1. The van der Waals surface area contributed by atoms with Gasteiger partial charge in [-0.2, -0.15) is 0 Å². The number of nitrogens with zero attached hydrogens (tertiary/aromatic N) is 1. The SMILES string of the molecule is CCC/C(O)=C1\C(=O)CC(C)(C)CC1=NCCc1c(C)[nH]c2ccc(OCc3ccccc3)cc12. The molecule has 0 unspecified atom stereocenters. The predicted molar refractivity (Wildman–Crippen MR) is 142 cm³/mol. The third-order valence-electron chi connectivity index (χ3n) is 6.63. The van der Waals surface area contributed by atoms with Crippen molar-refractivity contribution in [1.82, 2.24) is 4.98 Å². The molecule has 5 heteroatoms. The highest BCUT2D eigenvalue weighted by atomic mass is 16.5. The number of aliphatic hydroxyl groups is 1. The number of allylic oxidation sites excluding steroid dienone is 2. The Morgan fingerprint density at radius 3 is 2.66 bits per heavy atom. The van der Waals surface area contributed by atoms with Gasteiger partial charge in [0.2, 0.25) is 0 Å². The van der Waals surface area contributed by atoms with E-state index in [1.54, 1.807) is 0 Å². The molecular formula is C30H36N2O3. The number of carbonyl (C=O) groups excluding carboxylic acids is 1. The van der Waals surface area contributed by atoms with Crippen LogP contribution in [0.2, 0.25) is 0 Å². The second-order valence-corrected chi connectivity index (χ2v) is 10.3. The summed E-state index contributed by atoms with van der Waals surface area (Å²) in [4.78, 5) is 21.2. The van der Waals surface area contributed by atoms with Crippen molar-refractivity contribution in [2.24, 2.45) is 10.4 Å². The minimum atomic E-state index is -0.145. The Morgan fingerprint density at radius 2 is 1.91 bits per heavy atom. The Kier molecular flexibility index (Phi) is 7.44. The van der Waals surface area contributed by atoms with Crippen LogP contribution in [0, 0.1) is 12.3 Å². The molecule has 0 aliphatic heterocycles. The maximum atomic E-state index is 12.8. The second-order valence-electron chi connectivity index (χ2n) is 10.3. The van der Waals surface area contributed by atoms with Crippen LogP contribution in [-0.4, -0.2) is 28.1 Å². The van der Waals surface area contributed by atoms with Crippen molar-refractivity contribution in [2.45, 2.75) is 66.4 Å². The number of aryl methyl sites for hydroxylation is 1. The number of carbonyl (C=O) groups is 1. The van der Waals surface area contributed by atoms with Crippen LogP contribution >= 0.6 is 0 Å². The van der Waals surface area contributed by atoms with E-state index in [1.165, 1.54) is 5.56 Å². The first-order chi connectivity index (χ1) is 16.8. The van der Waals surface area contributed by atoms with Crippen LogP contribution in [0.3, 0.4) is 0 Å². The lowest BCUT2D eigenvalue weighted by molar-refractivity contribution is -0.117. The topological polar surface area (TPSA) is 74.7 Å². The summed E-state index contributed by atoms with van der Waals surface area (Å²) in [5.74, 6) is 1.03. The molecule has 1 aliphatic carbocycles. The number of aromatic amines is 1. The monoisotopic (exact) mass is 472 g/mol. The number of H-pyrrole nitrogens is 1. The molecule has 3 aromatic rings. The van der Waals surface area contributed by atoms with Gasteiger partial charge in [-0.1, -0.05) is 51.1 Å². The lowest BCUT2D eigenvalue weighted by atomic mass is 9.73. The molecule has 184 valence electrons. The number of nitrogens with one attached hydrogen (secondary N) is 1. The fraction of sp³-hybridized carbons (Fsp3) is 0.400. The van der Waals surface area contributed by atoms with Crippen LogP contribution in [0.1, 0.15) is 63.3 Å². The molecule has 2 aromatic carbocycles. The Balaban J connectivity index is 1.55. The molecule has 0 radical (unpaired) electrons. The van der Waals surface area contributed by atoms with Crippen molar-refractivity contribution in [1.29, 1.82) is 0 Å². The zero-order valence-electron chi connectivity index (χ0n) is 21.3. The highest BCUT2D eigenvalue weighted by molar-refractivity contribution is 6.24. The maximum Gasteiger partial charge on any atom is 0.168 e. The van der Waals surface area contributed by atoms with E-state index in [0.29, 0.717) is 38.0 Å². The molecule has 0 bridgehead atoms. The number of hydrogen-bond donors (Lipinski definition) is 2. The molecule has 1 aliphatic rings. The highest BCUT2D eigenvalue weighted by Gasteiger charge is 2.35. The van der Waals surface area contributed by atoms with E-state index < -0.39 is 0 Å². The standard InChI is InChI=1S/C30H36N2O3/c1-5-9-27(33)29-26(17-30(3,4)18-28(29)34)31-15-14-23-20(2)32-25-13-12-22(16-24(23)25)35-19-21-10-7-6-8-11-21/h6-8,10-13,16,32-33H,5,9,14-15,17-19H2,1-4H3/b29-27+,31-26?. The molecule has 4 rings (SSSR count). The Hall–Kier alpha value is -3.34. The Morgan fingerprint density at radius 1 is 1.14 bits per heavy atom. The number of rotatable bonds is 8. The van der Waals surface area contributed by atoms with E-state index in [0.717, 1.165) is 46.5 Å². The summed E-state index contributed by atoms with van der Waals surface area (Å²) >= 11 is 0. The quantitative estimate of drug-likeness (QED) is 0.273. The number of ketones is 1. The normalized spacial score (nSPS) is 18.3. The molecule has 1 fully saturated rings. The largest absolute Gasteiger partial charge is 0.511 e. The predicted octanol–water partition coefficient (Wildman–Crippen LogP) is 7.04. The molecule has 5 nitrogen and oxygen atoms in total. The van der Waals surface area contributed by atoms with E-state index in [9.17, 15) is 9.90 Å². The number of hydrogen-bond acceptors (Lipinski definition) is 4. The Bertz CT molecular complexity index is 1270. The van der Waals surface area contributed by atoms with Gasteiger partial charge in [0, 0.05) is 41.7 Å². The minimum Gasteiger partial charge on any atom is -0.511 e. The fourth-order valence-corrected chi connectivity index (χ4v) is 4.93. The summed E-state index contributed by atoms with van der Waals surface area (Å²) < 4.78 is 6.05. The average Bonchev–Trinajstić information content (AvgIpc) is 3.12. The first-order valence-corrected chi connectivity index (χ1v) is 12.5. The van der Waals surface area contributed by atoms with Crippen molar-refractivity contribution in [3.8, 4) is 5.75 Å². The number of fused-ring (bicyclic) bond motifs is 1. The van der Waals surface area contributed by atoms with Crippen molar-refractivity contribution in [3.05, 3.63) is 76.7 Å². The molecular weight excluding hydrogens is 436 g/mol. The van der Waals surface area contributed by atoms with E-state index in [4.69, 9.17) is 9.73 Å². The van der Waals surface area contributed by atoms with Gasteiger partial charge in [0.05, 0.1) is 5.57 Å². The number of aliphatic imine (C=N–C) groups is 1. The molecule has 0 atom stereocenters. The van der Waals surface area contributed by atoms with Gasteiger partial charge in [0.1, 0.15) is 18.1 Å². The summed E-state index contributed by atoms with van der Waals surface area (Å²) in [6.07, 6.45) is 3.19. The molecule has 35 heavy (non-hydrogen) atoms. The van der Waals surface area contributed by atoms with E-state index >= 15 is 0 Å². The van der Waals surface area contributed by atoms with Gasteiger partial charge < -0.3 is 14.8 Å². The zero-order valence-corrected chi connectivity index (χ0v) is 21.3. The number of aliphatic hydroxyl groups excluding tert-OH is 1. The molecule has 0 spiro atoms. The van der Waals surface area contributed by atoms with E-state index in [2.05, 4.69) is 50.0 Å². The first-order valence-electron chi connectivity index (χ1n) is 12.5. The third-order valence-corrected chi connectivity index (χ3v) is 6.63. The van der Waals surface area contributed by atoms with Crippen LogP contribution < -0.4 is 4.74 Å². The fourth-order valence-electron chi connectivity index (χ4n) is 4.93. The lowest BCUT2D eigenvalue weighted by Gasteiger charge is -2.31. The van der Waals surface area contributed by atoms with E-state index in [1.807, 2.05) is 31.2 Å².